The van der Waals surface area contributed by atoms with Crippen LogP contribution in [-0.4, -0.2) is 18.4 Å². The van der Waals surface area contributed by atoms with Gasteiger partial charge in [-0.15, -0.1) is 6.58 Å². The lowest BCUT2D eigenvalue weighted by Crippen LogP contribution is -2.37. The zero-order chi connectivity index (χ0) is 12.9. The van der Waals surface area contributed by atoms with E-state index in [0.29, 0.717) is 24.8 Å². The highest BCUT2D eigenvalue weighted by Crippen LogP contribution is 2.42. The molecular weight excluding hydrogens is 216 g/mol. The molecule has 0 amide bonds. The highest BCUT2D eigenvalue weighted by atomic mass is 16.5. The Labute approximate surface area is 102 Å². The molecule has 3 heteroatoms. The molecule has 1 aliphatic carbocycles. The van der Waals surface area contributed by atoms with Gasteiger partial charge in [-0.25, -0.2) is 0 Å². The molecule has 0 bridgehead atoms. The van der Waals surface area contributed by atoms with Gasteiger partial charge >= 0.3 is 5.97 Å². The minimum Gasteiger partial charge on any atom is -0.461 e. The number of rotatable bonds is 5. The normalized spacial score (nSPS) is 25.9. The molecule has 92 valence electrons. The average Bonchev–Trinajstić information content (AvgIpc) is 2.65. The Morgan fingerprint density at radius 2 is 2.18 bits per heavy atom. The van der Waals surface area contributed by atoms with Gasteiger partial charge in [-0.2, -0.15) is 0 Å². The van der Waals surface area contributed by atoms with Gasteiger partial charge in [-0.1, -0.05) is 24.8 Å². The van der Waals surface area contributed by atoms with Crippen molar-refractivity contribution >= 4 is 11.8 Å². The number of ether oxygens (including phenoxy) is 1. The third kappa shape index (κ3) is 2.38. The lowest BCUT2D eigenvalue weighted by atomic mass is 9.81. The molecule has 3 nitrogen and oxygen atoms in total. The highest BCUT2D eigenvalue weighted by molar-refractivity contribution is 6.14. The maximum absolute atomic E-state index is 12.2. The maximum Gasteiger partial charge on any atom is 0.320 e. The van der Waals surface area contributed by atoms with Crippen molar-refractivity contribution in [1.29, 1.82) is 0 Å². The van der Waals surface area contributed by atoms with E-state index in [0.717, 1.165) is 0 Å². The van der Waals surface area contributed by atoms with Crippen LogP contribution >= 0.6 is 0 Å². The molecule has 1 aliphatic rings. The molecule has 1 unspecified atom stereocenters. The van der Waals surface area contributed by atoms with Crippen LogP contribution in [0.1, 0.15) is 26.2 Å². The molecule has 0 N–H and O–H groups in total. The van der Waals surface area contributed by atoms with Crippen LogP contribution in [-0.2, 0) is 14.3 Å². The van der Waals surface area contributed by atoms with Gasteiger partial charge in [0.05, 0.1) is 0 Å². The van der Waals surface area contributed by atoms with Gasteiger partial charge in [0.1, 0.15) is 12.0 Å². The summed E-state index contributed by atoms with van der Waals surface area (Å²) < 4.78 is 5.04. The van der Waals surface area contributed by atoms with Gasteiger partial charge in [0.15, 0.2) is 5.78 Å². The molecule has 0 heterocycles. The van der Waals surface area contributed by atoms with Crippen molar-refractivity contribution in [2.75, 3.05) is 6.61 Å². The number of Topliss-reactive ketones (excluding diaryl/α,β-unsaturated/α-hetero) is 1. The number of hydrogen-bond donors (Lipinski definition) is 0. The molecule has 1 saturated carbocycles. The fourth-order valence-electron chi connectivity index (χ4n) is 2.15. The second-order valence-electron chi connectivity index (χ2n) is 4.11. The first kappa shape index (κ1) is 13.4. The lowest BCUT2D eigenvalue weighted by molar-refractivity contribution is -0.157. The van der Waals surface area contributed by atoms with Crippen molar-refractivity contribution in [3.63, 3.8) is 0 Å². The summed E-state index contributed by atoms with van der Waals surface area (Å²) >= 11 is 0. The number of carbonyl (C=O) groups excluding carboxylic acids is 2. The molecule has 1 fully saturated rings. The van der Waals surface area contributed by atoms with Gasteiger partial charge in [-0.3, -0.25) is 9.59 Å². The van der Waals surface area contributed by atoms with E-state index < -0.39 is 11.4 Å². The van der Waals surface area contributed by atoms with Gasteiger partial charge < -0.3 is 4.74 Å². The molecule has 0 saturated heterocycles. The lowest BCUT2D eigenvalue weighted by Gasteiger charge is -2.22. The summed E-state index contributed by atoms with van der Waals surface area (Å²) in [6.45, 7) is 9.05. The minimum atomic E-state index is -1.05. The van der Waals surface area contributed by atoms with E-state index in [4.69, 9.17) is 4.74 Å². The van der Waals surface area contributed by atoms with Crippen LogP contribution in [0.15, 0.2) is 37.0 Å². The van der Waals surface area contributed by atoms with E-state index in [1.54, 1.807) is 12.2 Å². The number of ketones is 1. The Kier molecular flexibility index (Phi) is 4.44. The predicted molar refractivity (Wildman–Crippen MR) is 66.4 cm³/mol. The fourth-order valence-corrected chi connectivity index (χ4v) is 2.15. The van der Waals surface area contributed by atoms with E-state index >= 15 is 0 Å². The molecule has 0 aromatic rings. The van der Waals surface area contributed by atoms with E-state index in [9.17, 15) is 9.59 Å². The van der Waals surface area contributed by atoms with Gasteiger partial charge in [0.25, 0.3) is 0 Å². The smallest absolute Gasteiger partial charge is 0.320 e. The number of allylic oxidation sites excluding steroid dienone is 3. The quantitative estimate of drug-likeness (QED) is 0.318. The van der Waals surface area contributed by atoms with Crippen molar-refractivity contribution in [3.8, 4) is 0 Å². The third-order valence-corrected chi connectivity index (χ3v) is 3.11. The molecule has 0 aromatic heterocycles. The fraction of sp³-hybridized carbons (Fsp3) is 0.429. The first-order valence-electron chi connectivity index (χ1n) is 5.71. The molecule has 1 atom stereocenters. The predicted octanol–water partition coefficient (Wildman–Crippen LogP) is 2.59. The highest BCUT2D eigenvalue weighted by Gasteiger charge is 2.50. The average molecular weight is 234 g/mol. The van der Waals surface area contributed by atoms with Crippen molar-refractivity contribution < 1.29 is 14.3 Å². The van der Waals surface area contributed by atoms with Crippen LogP contribution in [0, 0.1) is 5.41 Å². The van der Waals surface area contributed by atoms with E-state index in [1.807, 2.05) is 6.92 Å². The number of carbonyl (C=O) groups is 2. The standard InChI is InChI=1S/C14H18O3/c1-4-8-14(13(16)17-10-5-2)9-7-11(6-3)12(14)15/h4-6H,1-2,7-10H2,3H3/b11-6+. The maximum atomic E-state index is 12.2. The summed E-state index contributed by atoms with van der Waals surface area (Å²) in [7, 11) is 0. The monoisotopic (exact) mass is 234 g/mol. The van der Waals surface area contributed by atoms with Crippen LogP contribution in [0.5, 0.6) is 0 Å². The second-order valence-corrected chi connectivity index (χ2v) is 4.11. The Hall–Kier alpha value is -1.64. The van der Waals surface area contributed by atoms with Crippen molar-refractivity contribution in [2.24, 2.45) is 5.41 Å². The molecule has 0 spiro atoms. The minimum absolute atomic E-state index is 0.117. The summed E-state index contributed by atoms with van der Waals surface area (Å²) in [5, 5.41) is 0. The summed E-state index contributed by atoms with van der Waals surface area (Å²) in [6.07, 6.45) is 6.34. The Morgan fingerprint density at radius 1 is 1.47 bits per heavy atom. The summed E-state index contributed by atoms with van der Waals surface area (Å²) in [4.78, 5) is 24.2. The summed E-state index contributed by atoms with van der Waals surface area (Å²) in [6, 6.07) is 0. The van der Waals surface area contributed by atoms with E-state index in [2.05, 4.69) is 13.2 Å². The van der Waals surface area contributed by atoms with Crippen LogP contribution in [0.2, 0.25) is 0 Å². The SMILES string of the molecule is C=CCOC(=O)C1(CC=C)CC/C(=C\C)C1=O. The van der Waals surface area contributed by atoms with Crippen molar-refractivity contribution in [1.82, 2.24) is 0 Å². The summed E-state index contributed by atoms with van der Waals surface area (Å²) in [5.74, 6) is -0.576. The Balaban J connectivity index is 2.98. The van der Waals surface area contributed by atoms with Crippen LogP contribution in [0.25, 0.3) is 0 Å². The first-order valence-corrected chi connectivity index (χ1v) is 5.71. The summed E-state index contributed by atoms with van der Waals surface area (Å²) in [5.41, 5.74) is -0.338. The first-order chi connectivity index (χ1) is 8.12. The van der Waals surface area contributed by atoms with Gasteiger partial charge in [0.2, 0.25) is 0 Å². The topological polar surface area (TPSA) is 43.4 Å². The molecule has 1 rings (SSSR count). The van der Waals surface area contributed by atoms with E-state index in [-0.39, 0.29) is 12.4 Å². The van der Waals surface area contributed by atoms with Crippen molar-refractivity contribution in [3.05, 3.63) is 37.0 Å². The molecule has 17 heavy (non-hydrogen) atoms. The largest absolute Gasteiger partial charge is 0.461 e. The molecule has 0 aliphatic heterocycles. The Bertz CT molecular complexity index is 379. The number of esters is 1. The third-order valence-electron chi connectivity index (χ3n) is 3.11. The number of hydrogen-bond acceptors (Lipinski definition) is 3. The Morgan fingerprint density at radius 3 is 2.65 bits per heavy atom. The van der Waals surface area contributed by atoms with Gasteiger partial charge in [-0.05, 0) is 31.8 Å². The zero-order valence-electron chi connectivity index (χ0n) is 10.2. The van der Waals surface area contributed by atoms with Crippen LogP contribution < -0.4 is 0 Å². The van der Waals surface area contributed by atoms with Gasteiger partial charge in [0, 0.05) is 0 Å². The zero-order valence-corrected chi connectivity index (χ0v) is 10.2. The molecular formula is C14H18O3. The second kappa shape index (κ2) is 5.62. The molecule has 0 aromatic carbocycles. The van der Waals surface area contributed by atoms with Crippen LogP contribution in [0.3, 0.4) is 0 Å². The van der Waals surface area contributed by atoms with Crippen LogP contribution in [0.4, 0.5) is 0 Å². The molecule has 0 radical (unpaired) electrons. The van der Waals surface area contributed by atoms with E-state index in [1.165, 1.54) is 6.08 Å². The van der Waals surface area contributed by atoms with Crippen molar-refractivity contribution in [2.45, 2.75) is 26.2 Å².